The third-order valence-electron chi connectivity index (χ3n) is 2.87. The van der Waals surface area contributed by atoms with Crippen molar-refractivity contribution in [1.29, 1.82) is 0 Å². The second kappa shape index (κ2) is 4.68. The van der Waals surface area contributed by atoms with Crippen molar-refractivity contribution in [3.05, 3.63) is 53.5 Å². The number of nitrogens with one attached hydrogen (secondary N) is 1. The van der Waals surface area contributed by atoms with E-state index in [4.69, 9.17) is 0 Å². The molecule has 5 heteroatoms. The fourth-order valence-corrected chi connectivity index (χ4v) is 1.93. The normalized spacial score (nSPS) is 10.8. The van der Waals surface area contributed by atoms with Crippen LogP contribution in [-0.2, 0) is 6.54 Å². The van der Waals surface area contributed by atoms with Crippen LogP contribution in [0.5, 0.6) is 0 Å². The Kier molecular flexibility index (Phi) is 2.87. The van der Waals surface area contributed by atoms with E-state index < -0.39 is 0 Å². The molecule has 0 saturated heterocycles. The Labute approximate surface area is 111 Å². The van der Waals surface area contributed by atoms with Gasteiger partial charge in [-0.1, -0.05) is 6.07 Å². The molecule has 0 aliphatic heterocycles. The van der Waals surface area contributed by atoms with Crippen LogP contribution in [0.1, 0.15) is 17.0 Å². The van der Waals surface area contributed by atoms with E-state index in [0.29, 0.717) is 12.5 Å². The number of hydrogen-bond donors (Lipinski definition) is 1. The first-order chi connectivity index (χ1) is 9.20. The number of anilines is 1. The van der Waals surface area contributed by atoms with Gasteiger partial charge in [-0.3, -0.25) is 4.98 Å². The summed E-state index contributed by atoms with van der Waals surface area (Å²) in [6.07, 6.45) is 1.91. The maximum absolute atomic E-state index is 4.43. The standard InChI is InChI=1S/C14H15N5/c1-10-6-7-19-13(8-10)17-14(18-19)15-9-12-5-3-4-11(2)16-12/h3-8H,9H2,1-2H3,(H,15,18). The molecule has 1 N–H and O–H groups in total. The zero-order valence-electron chi connectivity index (χ0n) is 11.0. The van der Waals surface area contributed by atoms with Gasteiger partial charge in [-0.25, -0.2) is 4.52 Å². The van der Waals surface area contributed by atoms with E-state index in [1.807, 2.05) is 50.4 Å². The lowest BCUT2D eigenvalue weighted by Gasteiger charge is -2.01. The molecule has 0 fully saturated rings. The third kappa shape index (κ3) is 2.54. The molecule has 0 atom stereocenters. The second-order valence-electron chi connectivity index (χ2n) is 4.57. The van der Waals surface area contributed by atoms with E-state index in [-0.39, 0.29) is 0 Å². The smallest absolute Gasteiger partial charge is 0.243 e. The van der Waals surface area contributed by atoms with E-state index in [2.05, 4.69) is 20.4 Å². The first kappa shape index (κ1) is 11.6. The van der Waals surface area contributed by atoms with Crippen molar-refractivity contribution in [2.75, 3.05) is 5.32 Å². The highest BCUT2D eigenvalue weighted by Crippen LogP contribution is 2.08. The van der Waals surface area contributed by atoms with E-state index in [0.717, 1.165) is 17.0 Å². The SMILES string of the molecule is Cc1ccn2nc(NCc3cccc(C)n3)nc2c1. The Balaban J connectivity index is 1.78. The van der Waals surface area contributed by atoms with Gasteiger partial charge in [0.05, 0.1) is 12.2 Å². The van der Waals surface area contributed by atoms with Gasteiger partial charge in [-0.05, 0) is 43.7 Å². The van der Waals surface area contributed by atoms with Crippen molar-refractivity contribution in [3.8, 4) is 0 Å². The average Bonchev–Trinajstić information content (AvgIpc) is 2.78. The number of fused-ring (bicyclic) bond motifs is 1. The predicted molar refractivity (Wildman–Crippen MR) is 74.0 cm³/mol. The first-order valence-corrected chi connectivity index (χ1v) is 6.20. The number of pyridine rings is 2. The van der Waals surface area contributed by atoms with Gasteiger partial charge in [0.2, 0.25) is 5.95 Å². The van der Waals surface area contributed by atoms with E-state index in [1.165, 1.54) is 5.56 Å². The lowest BCUT2D eigenvalue weighted by Crippen LogP contribution is -2.03. The molecular formula is C14H15N5. The van der Waals surface area contributed by atoms with Gasteiger partial charge in [0.25, 0.3) is 0 Å². The van der Waals surface area contributed by atoms with Crippen LogP contribution < -0.4 is 5.32 Å². The zero-order valence-corrected chi connectivity index (χ0v) is 11.0. The first-order valence-electron chi connectivity index (χ1n) is 6.20. The Bertz CT molecular complexity index is 717. The van der Waals surface area contributed by atoms with E-state index in [9.17, 15) is 0 Å². The summed E-state index contributed by atoms with van der Waals surface area (Å²) in [4.78, 5) is 8.86. The molecule has 0 aliphatic rings. The molecule has 0 spiro atoms. The highest BCUT2D eigenvalue weighted by atomic mass is 15.3. The molecule has 3 aromatic rings. The van der Waals surface area contributed by atoms with Crippen LogP contribution in [0, 0.1) is 13.8 Å². The van der Waals surface area contributed by atoms with Crippen LogP contribution in [0.15, 0.2) is 36.5 Å². The van der Waals surface area contributed by atoms with Crippen LogP contribution in [0.2, 0.25) is 0 Å². The summed E-state index contributed by atoms with van der Waals surface area (Å²) in [5.41, 5.74) is 4.01. The summed E-state index contributed by atoms with van der Waals surface area (Å²) in [5, 5.41) is 7.55. The fraction of sp³-hybridized carbons (Fsp3) is 0.214. The fourth-order valence-electron chi connectivity index (χ4n) is 1.93. The van der Waals surface area contributed by atoms with Crippen LogP contribution in [-0.4, -0.2) is 19.6 Å². The van der Waals surface area contributed by atoms with Gasteiger partial charge in [0.1, 0.15) is 0 Å². The van der Waals surface area contributed by atoms with E-state index >= 15 is 0 Å². The Hall–Kier alpha value is -2.43. The van der Waals surface area contributed by atoms with Gasteiger partial charge in [-0.2, -0.15) is 4.98 Å². The van der Waals surface area contributed by atoms with Crippen molar-refractivity contribution in [3.63, 3.8) is 0 Å². The summed E-state index contributed by atoms with van der Waals surface area (Å²) in [7, 11) is 0. The topological polar surface area (TPSA) is 55.1 Å². The zero-order chi connectivity index (χ0) is 13.2. The summed E-state index contributed by atoms with van der Waals surface area (Å²) in [6, 6.07) is 9.98. The van der Waals surface area contributed by atoms with Crippen molar-refractivity contribution < 1.29 is 0 Å². The molecule has 0 aliphatic carbocycles. The minimum Gasteiger partial charge on any atom is -0.347 e. The van der Waals surface area contributed by atoms with Crippen LogP contribution >= 0.6 is 0 Å². The highest BCUT2D eigenvalue weighted by molar-refractivity contribution is 5.45. The van der Waals surface area contributed by atoms with E-state index in [1.54, 1.807) is 4.52 Å². The lowest BCUT2D eigenvalue weighted by molar-refractivity contribution is 0.936. The molecule has 3 heterocycles. The van der Waals surface area contributed by atoms with Gasteiger partial charge in [0, 0.05) is 11.9 Å². The molecule has 96 valence electrons. The molecule has 3 rings (SSSR count). The largest absolute Gasteiger partial charge is 0.347 e. The van der Waals surface area contributed by atoms with Gasteiger partial charge < -0.3 is 5.32 Å². The summed E-state index contributed by atoms with van der Waals surface area (Å²) >= 11 is 0. The molecule has 3 aromatic heterocycles. The molecule has 0 saturated carbocycles. The van der Waals surface area contributed by atoms with Gasteiger partial charge in [-0.15, -0.1) is 5.10 Å². The van der Waals surface area contributed by atoms with Crippen LogP contribution in [0.25, 0.3) is 5.65 Å². The second-order valence-corrected chi connectivity index (χ2v) is 4.57. The van der Waals surface area contributed by atoms with Crippen molar-refractivity contribution in [1.82, 2.24) is 19.6 Å². The third-order valence-corrected chi connectivity index (χ3v) is 2.87. The van der Waals surface area contributed by atoms with Crippen LogP contribution in [0.3, 0.4) is 0 Å². The summed E-state index contributed by atoms with van der Waals surface area (Å²) < 4.78 is 1.76. The molecule has 0 aromatic carbocycles. The lowest BCUT2D eigenvalue weighted by atomic mass is 10.3. The minimum absolute atomic E-state index is 0.619. The maximum atomic E-state index is 4.43. The number of aryl methyl sites for hydroxylation is 2. The average molecular weight is 253 g/mol. The van der Waals surface area contributed by atoms with Crippen molar-refractivity contribution in [2.45, 2.75) is 20.4 Å². The predicted octanol–water partition coefficient (Wildman–Crippen LogP) is 2.35. The number of rotatable bonds is 3. The number of nitrogens with zero attached hydrogens (tertiary/aromatic N) is 4. The van der Waals surface area contributed by atoms with Crippen molar-refractivity contribution >= 4 is 11.6 Å². The molecule has 0 unspecified atom stereocenters. The quantitative estimate of drug-likeness (QED) is 0.778. The van der Waals surface area contributed by atoms with Gasteiger partial charge >= 0.3 is 0 Å². The number of hydrogen-bond acceptors (Lipinski definition) is 4. The monoisotopic (exact) mass is 253 g/mol. The molecule has 0 bridgehead atoms. The number of aromatic nitrogens is 4. The molecule has 5 nitrogen and oxygen atoms in total. The Morgan fingerprint density at radius 2 is 2.05 bits per heavy atom. The van der Waals surface area contributed by atoms with Crippen LogP contribution in [0.4, 0.5) is 5.95 Å². The van der Waals surface area contributed by atoms with Crippen molar-refractivity contribution in [2.24, 2.45) is 0 Å². The maximum Gasteiger partial charge on any atom is 0.243 e. The Morgan fingerprint density at radius 1 is 1.16 bits per heavy atom. The van der Waals surface area contributed by atoms with Gasteiger partial charge in [0.15, 0.2) is 5.65 Å². The molecular weight excluding hydrogens is 238 g/mol. The minimum atomic E-state index is 0.619. The highest BCUT2D eigenvalue weighted by Gasteiger charge is 2.03. The molecule has 19 heavy (non-hydrogen) atoms. The Morgan fingerprint density at radius 3 is 2.89 bits per heavy atom. The summed E-state index contributed by atoms with van der Waals surface area (Å²) in [5.74, 6) is 0.619. The summed E-state index contributed by atoms with van der Waals surface area (Å²) in [6.45, 7) is 4.64. The molecule has 0 amide bonds. The molecule has 0 radical (unpaired) electrons.